The van der Waals surface area contributed by atoms with Crippen LogP contribution in [0.25, 0.3) is 17.4 Å². The molecule has 0 saturated carbocycles. The third kappa shape index (κ3) is 9.09. The third-order valence-corrected chi connectivity index (χ3v) is 8.44. The summed E-state index contributed by atoms with van der Waals surface area (Å²) in [5.74, 6) is -0.774. The van der Waals surface area contributed by atoms with Crippen molar-refractivity contribution in [3.05, 3.63) is 142 Å². The Balaban J connectivity index is 1.26. The fraction of sp³-hybridized carbons (Fsp3) is 0.0556. The van der Waals surface area contributed by atoms with Crippen LogP contribution in [0.5, 0.6) is 0 Å². The van der Waals surface area contributed by atoms with E-state index >= 15 is 0 Å². The fourth-order valence-electron chi connectivity index (χ4n) is 4.32. The van der Waals surface area contributed by atoms with E-state index in [1.54, 1.807) is 97.9 Å². The molecule has 9 nitrogen and oxygen atoms in total. The number of furan rings is 1. The van der Waals surface area contributed by atoms with E-state index in [9.17, 15) is 19.2 Å². The molecule has 0 fully saturated rings. The summed E-state index contributed by atoms with van der Waals surface area (Å²) < 4.78 is 6.91. The molecule has 0 aliphatic rings. The molecule has 1 heterocycles. The van der Waals surface area contributed by atoms with Gasteiger partial charge in [-0.3, -0.25) is 19.2 Å². The second-order valence-corrected chi connectivity index (χ2v) is 12.6. The Morgan fingerprint density at radius 1 is 0.766 bits per heavy atom. The highest BCUT2D eigenvalue weighted by atomic mass is 79.9. The predicted molar refractivity (Wildman–Crippen MR) is 188 cm³/mol. The van der Waals surface area contributed by atoms with Gasteiger partial charge in [-0.2, -0.15) is 0 Å². The van der Waals surface area contributed by atoms with Gasteiger partial charge in [0.05, 0.1) is 5.25 Å². The van der Waals surface area contributed by atoms with Crippen molar-refractivity contribution in [3.8, 4) is 11.3 Å². The number of halogens is 1. The van der Waals surface area contributed by atoms with Crippen molar-refractivity contribution >= 4 is 68.8 Å². The minimum absolute atomic E-state index is 0.0110. The van der Waals surface area contributed by atoms with Gasteiger partial charge in [0.25, 0.3) is 11.8 Å². The Hall–Kier alpha value is -5.39. The van der Waals surface area contributed by atoms with Crippen LogP contribution < -0.4 is 21.7 Å². The van der Waals surface area contributed by atoms with Crippen LogP contribution in [0.3, 0.4) is 0 Å². The van der Waals surface area contributed by atoms with E-state index in [1.807, 2.05) is 24.3 Å². The Bertz CT molecular complexity index is 1920. The summed E-state index contributed by atoms with van der Waals surface area (Å²) in [6.07, 6.45) is 1.48. The van der Waals surface area contributed by atoms with Gasteiger partial charge in [-0.15, -0.1) is 11.8 Å². The lowest BCUT2D eigenvalue weighted by Gasteiger charge is -2.13. The lowest BCUT2D eigenvalue weighted by molar-refractivity contribution is -0.115. The zero-order valence-corrected chi connectivity index (χ0v) is 27.4. The Morgan fingerprint density at radius 3 is 2.06 bits per heavy atom. The summed E-state index contributed by atoms with van der Waals surface area (Å²) in [5, 5.41) is 7.91. The maximum absolute atomic E-state index is 13.5. The number of carbonyl (C=O) groups is 4. The summed E-state index contributed by atoms with van der Waals surface area (Å²) in [7, 11) is 0. The van der Waals surface area contributed by atoms with Crippen molar-refractivity contribution in [2.75, 3.05) is 10.6 Å². The average molecular weight is 710 g/mol. The van der Waals surface area contributed by atoms with Gasteiger partial charge in [-0.25, -0.2) is 0 Å². The van der Waals surface area contributed by atoms with Gasteiger partial charge in [0.15, 0.2) is 0 Å². The molecule has 0 saturated heterocycles. The number of hydrogen-bond acceptors (Lipinski definition) is 6. The number of thioether (sulfide) groups is 1. The Kier molecular flexibility index (Phi) is 10.7. The van der Waals surface area contributed by atoms with Gasteiger partial charge in [-0.1, -0.05) is 46.3 Å². The third-order valence-electron chi connectivity index (χ3n) is 6.80. The smallest absolute Gasteiger partial charge is 0.272 e. The molecule has 4 amide bonds. The van der Waals surface area contributed by atoms with Crippen LogP contribution in [0.1, 0.15) is 33.4 Å². The van der Waals surface area contributed by atoms with E-state index in [2.05, 4.69) is 31.9 Å². The molecule has 236 valence electrons. The molecule has 5 rings (SSSR count). The number of benzene rings is 4. The first-order valence-electron chi connectivity index (χ1n) is 14.4. The second-order valence-electron chi connectivity index (χ2n) is 10.3. The number of carbonyl (C=O) groups excluding carboxylic acids is 4. The second kappa shape index (κ2) is 15.3. The van der Waals surface area contributed by atoms with Crippen LogP contribution in [-0.2, 0) is 9.59 Å². The summed E-state index contributed by atoms with van der Waals surface area (Å²) in [6.45, 7) is 1.77. The number of primary amides is 1. The monoisotopic (exact) mass is 708 g/mol. The summed E-state index contributed by atoms with van der Waals surface area (Å²) in [4.78, 5) is 51.3. The van der Waals surface area contributed by atoms with Crippen molar-refractivity contribution in [1.82, 2.24) is 5.32 Å². The lowest BCUT2D eigenvalue weighted by Crippen LogP contribution is -2.30. The molecule has 0 bridgehead atoms. The zero-order valence-electron chi connectivity index (χ0n) is 25.0. The molecule has 5 aromatic rings. The highest BCUT2D eigenvalue weighted by Crippen LogP contribution is 2.27. The molecule has 1 atom stereocenters. The predicted octanol–water partition coefficient (Wildman–Crippen LogP) is 7.34. The Labute approximate surface area is 283 Å². The first-order chi connectivity index (χ1) is 22.6. The molecular weight excluding hydrogens is 680 g/mol. The molecule has 47 heavy (non-hydrogen) atoms. The van der Waals surface area contributed by atoms with Gasteiger partial charge in [0, 0.05) is 43.5 Å². The van der Waals surface area contributed by atoms with Crippen molar-refractivity contribution in [2.45, 2.75) is 17.1 Å². The molecule has 11 heteroatoms. The highest BCUT2D eigenvalue weighted by molar-refractivity contribution is 9.10. The Morgan fingerprint density at radius 2 is 1.40 bits per heavy atom. The summed E-state index contributed by atoms with van der Waals surface area (Å²) in [6, 6.07) is 33.0. The highest BCUT2D eigenvalue weighted by Gasteiger charge is 2.18. The topological polar surface area (TPSA) is 144 Å². The molecule has 0 spiro atoms. The molecule has 0 aliphatic carbocycles. The van der Waals surface area contributed by atoms with Crippen LogP contribution in [-0.4, -0.2) is 28.9 Å². The van der Waals surface area contributed by atoms with Crippen molar-refractivity contribution in [2.24, 2.45) is 5.73 Å². The molecular formula is C36H29BrN4O5S. The maximum atomic E-state index is 13.5. The lowest BCUT2D eigenvalue weighted by atomic mass is 10.2. The number of anilines is 2. The van der Waals surface area contributed by atoms with Gasteiger partial charge >= 0.3 is 0 Å². The number of hydrogen-bond donors (Lipinski definition) is 4. The largest absolute Gasteiger partial charge is 0.457 e. The van der Waals surface area contributed by atoms with E-state index in [4.69, 9.17) is 10.2 Å². The fourth-order valence-corrected chi connectivity index (χ4v) is 5.45. The standard InChI is InChI=1S/C36H29BrN4O5S/c1-22(34(43)39-27-13-9-24(10-14-27)33(38)42)47-30-18-15-28(16-19-30)40-36(45)31(41-35(44)25-5-3-2-4-6-25)21-29-17-20-32(46-29)23-7-11-26(37)12-8-23/h2-22H,1H3,(H2,38,42)(H,39,43)(H,40,45)(H,41,44)/b31-21-/t22-/m1/s1. The van der Waals surface area contributed by atoms with Crippen molar-refractivity contribution < 1.29 is 23.6 Å². The number of amides is 4. The van der Waals surface area contributed by atoms with E-state index in [-0.39, 0.29) is 11.6 Å². The number of nitrogens with one attached hydrogen (secondary N) is 3. The van der Waals surface area contributed by atoms with Gasteiger partial charge < -0.3 is 26.1 Å². The van der Waals surface area contributed by atoms with Gasteiger partial charge in [-0.05, 0) is 91.9 Å². The molecule has 5 N–H and O–H groups in total. The SMILES string of the molecule is C[C@@H](Sc1ccc(NC(=O)/C(=C/c2ccc(-c3ccc(Br)cc3)o2)NC(=O)c2ccccc2)cc1)C(=O)Nc1ccc(C(N)=O)cc1. The molecule has 0 aliphatic heterocycles. The normalized spacial score (nSPS) is 11.7. The molecule has 0 radical (unpaired) electrons. The minimum atomic E-state index is -0.550. The first-order valence-corrected chi connectivity index (χ1v) is 16.0. The van der Waals surface area contributed by atoms with Gasteiger partial charge in [0.1, 0.15) is 17.2 Å². The van der Waals surface area contributed by atoms with Crippen LogP contribution in [0, 0.1) is 0 Å². The molecule has 1 aromatic heterocycles. The van der Waals surface area contributed by atoms with Crippen molar-refractivity contribution in [3.63, 3.8) is 0 Å². The van der Waals surface area contributed by atoms with Crippen LogP contribution in [0.2, 0.25) is 0 Å². The minimum Gasteiger partial charge on any atom is -0.457 e. The van der Waals surface area contributed by atoms with E-state index in [1.165, 1.54) is 17.8 Å². The molecule has 4 aromatic carbocycles. The summed E-state index contributed by atoms with van der Waals surface area (Å²) >= 11 is 4.76. The van der Waals surface area contributed by atoms with Crippen LogP contribution >= 0.6 is 27.7 Å². The zero-order chi connectivity index (χ0) is 33.3. The maximum Gasteiger partial charge on any atom is 0.272 e. The van der Waals surface area contributed by atoms with E-state index < -0.39 is 23.0 Å². The average Bonchev–Trinajstić information content (AvgIpc) is 3.54. The van der Waals surface area contributed by atoms with E-state index in [0.717, 1.165) is 14.9 Å². The summed E-state index contributed by atoms with van der Waals surface area (Å²) in [5.41, 5.74) is 7.90. The molecule has 0 unspecified atom stereocenters. The quantitative estimate of drug-likeness (QED) is 0.0835. The van der Waals surface area contributed by atoms with Crippen LogP contribution in [0.15, 0.2) is 135 Å². The first kappa shape index (κ1) is 33.0. The van der Waals surface area contributed by atoms with E-state index in [0.29, 0.717) is 34.0 Å². The van der Waals surface area contributed by atoms with Crippen LogP contribution in [0.4, 0.5) is 11.4 Å². The number of nitrogens with two attached hydrogens (primary N) is 1. The number of rotatable bonds is 11. The van der Waals surface area contributed by atoms with Gasteiger partial charge in [0.2, 0.25) is 11.8 Å². The van der Waals surface area contributed by atoms with Crippen molar-refractivity contribution in [1.29, 1.82) is 0 Å².